The van der Waals surface area contributed by atoms with Crippen LogP contribution in [-0.4, -0.2) is 63.7 Å². The van der Waals surface area contributed by atoms with Gasteiger partial charge in [-0.1, -0.05) is 92.6 Å². The van der Waals surface area contributed by atoms with E-state index in [2.05, 4.69) is 28.9 Å². The van der Waals surface area contributed by atoms with Gasteiger partial charge in [-0.25, -0.2) is 0 Å². The fourth-order valence-corrected chi connectivity index (χ4v) is 6.20. The fourth-order valence-electron chi connectivity index (χ4n) is 6.20. The van der Waals surface area contributed by atoms with Crippen LogP contribution in [0, 0.1) is 0 Å². The number of carbonyl (C=O) groups is 2. The molecule has 2 heterocycles. The third-order valence-electron chi connectivity index (χ3n) is 9.11. The zero-order valence-electron chi connectivity index (χ0n) is 28.6. The summed E-state index contributed by atoms with van der Waals surface area (Å²) in [5.74, 6) is -0.515. The van der Waals surface area contributed by atoms with Crippen LogP contribution in [0.15, 0.2) is 109 Å². The predicted octanol–water partition coefficient (Wildman–Crippen LogP) is 7.83. The number of pyridine rings is 1. The molecule has 0 saturated carbocycles. The third kappa shape index (κ3) is 10.6. The Kier molecular flexibility index (Phi) is 13.0. The molecule has 1 aromatic heterocycles. The Labute approximate surface area is 293 Å². The molecule has 6 nitrogen and oxygen atoms in total. The number of aryl methyl sites for hydroxylation is 1. The Morgan fingerprint density at radius 1 is 0.820 bits per heavy atom. The fraction of sp³-hybridized carbons (Fsp3) is 0.341. The summed E-state index contributed by atoms with van der Waals surface area (Å²) in [6.45, 7) is 5.48. The van der Waals surface area contributed by atoms with Gasteiger partial charge in [0.1, 0.15) is 6.04 Å². The van der Waals surface area contributed by atoms with Crippen molar-refractivity contribution >= 4 is 17.9 Å². The van der Waals surface area contributed by atoms with Crippen molar-refractivity contribution in [2.75, 3.05) is 26.2 Å². The number of rotatable bonds is 14. The van der Waals surface area contributed by atoms with Gasteiger partial charge < -0.3 is 9.80 Å². The second kappa shape index (κ2) is 17.8. The highest BCUT2D eigenvalue weighted by atomic mass is 19.4. The first-order chi connectivity index (χ1) is 24.2. The molecule has 9 heteroatoms. The number of aromatic nitrogens is 1. The van der Waals surface area contributed by atoms with Crippen LogP contribution in [0.3, 0.4) is 0 Å². The van der Waals surface area contributed by atoms with Crippen molar-refractivity contribution in [2.24, 2.45) is 0 Å². The molecule has 1 aliphatic rings. The van der Waals surface area contributed by atoms with E-state index in [0.29, 0.717) is 44.7 Å². The van der Waals surface area contributed by atoms with Crippen molar-refractivity contribution in [3.05, 3.63) is 143 Å². The zero-order chi connectivity index (χ0) is 35.3. The lowest BCUT2D eigenvalue weighted by Crippen LogP contribution is -2.56. The number of hydrogen-bond donors (Lipinski definition) is 0. The lowest BCUT2D eigenvalue weighted by molar-refractivity contribution is -0.145. The minimum absolute atomic E-state index is 0.126. The Morgan fingerprint density at radius 2 is 1.50 bits per heavy atom. The van der Waals surface area contributed by atoms with Crippen LogP contribution in [0.1, 0.15) is 59.7 Å². The van der Waals surface area contributed by atoms with Crippen LogP contribution in [-0.2, 0) is 41.7 Å². The van der Waals surface area contributed by atoms with Crippen molar-refractivity contribution in [3.8, 4) is 0 Å². The van der Waals surface area contributed by atoms with Gasteiger partial charge in [0.25, 0.3) is 0 Å². The average molecular weight is 683 g/mol. The highest BCUT2D eigenvalue weighted by molar-refractivity contribution is 5.95. The molecule has 2 amide bonds. The quantitative estimate of drug-likeness (QED) is 0.101. The Morgan fingerprint density at radius 3 is 2.14 bits per heavy atom. The van der Waals surface area contributed by atoms with E-state index in [-0.39, 0.29) is 18.4 Å². The molecule has 0 unspecified atom stereocenters. The van der Waals surface area contributed by atoms with Crippen molar-refractivity contribution in [2.45, 2.75) is 64.3 Å². The van der Waals surface area contributed by atoms with E-state index in [0.717, 1.165) is 54.6 Å². The van der Waals surface area contributed by atoms with Crippen molar-refractivity contribution in [1.29, 1.82) is 0 Å². The van der Waals surface area contributed by atoms with Crippen molar-refractivity contribution in [1.82, 2.24) is 19.7 Å². The van der Waals surface area contributed by atoms with E-state index in [1.165, 1.54) is 29.8 Å². The number of benzene rings is 3. The number of piperazine rings is 1. The summed E-state index contributed by atoms with van der Waals surface area (Å²) < 4.78 is 39.4. The first-order valence-electron chi connectivity index (χ1n) is 17.4. The van der Waals surface area contributed by atoms with E-state index in [1.54, 1.807) is 11.1 Å². The summed E-state index contributed by atoms with van der Waals surface area (Å²) in [6, 6.07) is 27.6. The summed E-state index contributed by atoms with van der Waals surface area (Å²) in [7, 11) is 0. The molecule has 1 saturated heterocycles. The molecule has 262 valence electrons. The van der Waals surface area contributed by atoms with E-state index in [4.69, 9.17) is 0 Å². The summed E-state index contributed by atoms with van der Waals surface area (Å²) in [6.07, 6.45) is 4.91. The van der Waals surface area contributed by atoms with Gasteiger partial charge in [0, 0.05) is 58.0 Å². The standard InChI is InChI=1S/C41H45F3N4O2/c1-2-3-5-10-32-14-16-35(17-15-32)30-48(39(49)23-20-33-18-21-36(22-19-33)41(42,43)44)38(29-34-11-6-4-7-12-34)40(50)47-27-25-46(26-28-47)31-37-13-8-9-24-45-37/h4,6-9,11-24,38H,2-3,5,10,25-31H2,1H3/t38-/m0/s1. The van der Waals surface area contributed by atoms with Crippen LogP contribution in [0.2, 0.25) is 0 Å². The number of alkyl halides is 3. The van der Waals surface area contributed by atoms with Gasteiger partial charge in [0.2, 0.25) is 11.8 Å². The van der Waals surface area contributed by atoms with E-state index in [9.17, 15) is 22.8 Å². The molecule has 4 aromatic rings. The van der Waals surface area contributed by atoms with Crippen molar-refractivity contribution in [3.63, 3.8) is 0 Å². The maximum atomic E-state index is 14.5. The molecule has 1 aliphatic heterocycles. The number of carbonyl (C=O) groups excluding carboxylic acids is 2. The molecular formula is C41H45F3N4O2. The van der Waals surface area contributed by atoms with Crippen LogP contribution in [0.5, 0.6) is 0 Å². The van der Waals surface area contributed by atoms with Gasteiger partial charge in [-0.15, -0.1) is 0 Å². The lowest BCUT2D eigenvalue weighted by atomic mass is 10.0. The number of unbranched alkanes of at least 4 members (excludes halogenated alkanes) is 2. The number of amides is 2. The van der Waals surface area contributed by atoms with Crippen LogP contribution < -0.4 is 0 Å². The van der Waals surface area contributed by atoms with Gasteiger partial charge in [-0.2, -0.15) is 13.2 Å². The minimum atomic E-state index is -4.45. The van der Waals surface area contributed by atoms with Gasteiger partial charge in [-0.05, 0) is 65.4 Å². The molecule has 0 aliphatic carbocycles. The molecule has 1 atom stereocenters. The van der Waals surface area contributed by atoms with Crippen LogP contribution in [0.4, 0.5) is 13.2 Å². The molecule has 0 N–H and O–H groups in total. The summed E-state index contributed by atoms with van der Waals surface area (Å²) in [5, 5.41) is 0. The maximum absolute atomic E-state index is 14.5. The molecule has 50 heavy (non-hydrogen) atoms. The topological polar surface area (TPSA) is 56.8 Å². The van der Waals surface area contributed by atoms with Gasteiger partial charge in [0.05, 0.1) is 11.3 Å². The summed E-state index contributed by atoms with van der Waals surface area (Å²) >= 11 is 0. The summed E-state index contributed by atoms with van der Waals surface area (Å²) in [5.41, 5.74) is 3.72. The van der Waals surface area contributed by atoms with E-state index >= 15 is 0 Å². The number of halogens is 3. The first kappa shape index (κ1) is 36.5. The maximum Gasteiger partial charge on any atom is 0.416 e. The van der Waals surface area contributed by atoms with Gasteiger partial charge >= 0.3 is 6.18 Å². The Bertz CT molecular complexity index is 1670. The molecule has 5 rings (SSSR count). The highest BCUT2D eigenvalue weighted by Crippen LogP contribution is 2.29. The monoisotopic (exact) mass is 682 g/mol. The van der Waals surface area contributed by atoms with E-state index in [1.807, 2.05) is 65.6 Å². The Balaban J connectivity index is 1.40. The lowest BCUT2D eigenvalue weighted by Gasteiger charge is -2.39. The van der Waals surface area contributed by atoms with Crippen LogP contribution >= 0.6 is 0 Å². The summed E-state index contributed by atoms with van der Waals surface area (Å²) in [4.78, 5) is 38.8. The first-order valence-corrected chi connectivity index (χ1v) is 17.4. The SMILES string of the molecule is CCCCCc1ccc(CN(C(=O)C=Cc2ccc(C(F)(F)F)cc2)[C@@H](Cc2ccccc2)C(=O)N2CCN(Cc3ccccn3)CC2)cc1. The van der Waals surface area contributed by atoms with Gasteiger partial charge in [0.15, 0.2) is 0 Å². The molecule has 1 fully saturated rings. The van der Waals surface area contributed by atoms with Crippen LogP contribution in [0.25, 0.3) is 6.08 Å². The molecule has 3 aromatic carbocycles. The van der Waals surface area contributed by atoms with Crippen molar-refractivity contribution < 1.29 is 22.8 Å². The predicted molar refractivity (Wildman–Crippen MR) is 191 cm³/mol. The molecule has 0 radical (unpaired) electrons. The molecular weight excluding hydrogens is 637 g/mol. The number of hydrogen-bond acceptors (Lipinski definition) is 4. The second-order valence-electron chi connectivity index (χ2n) is 12.8. The minimum Gasteiger partial charge on any atom is -0.338 e. The number of nitrogens with zero attached hydrogens (tertiary/aromatic N) is 4. The smallest absolute Gasteiger partial charge is 0.338 e. The molecule has 0 bridgehead atoms. The highest BCUT2D eigenvalue weighted by Gasteiger charge is 2.34. The zero-order valence-corrected chi connectivity index (χ0v) is 28.6. The molecule has 0 spiro atoms. The second-order valence-corrected chi connectivity index (χ2v) is 12.8. The van der Waals surface area contributed by atoms with E-state index < -0.39 is 17.8 Å². The third-order valence-corrected chi connectivity index (χ3v) is 9.11. The Hall–Kier alpha value is -4.76. The van der Waals surface area contributed by atoms with Gasteiger partial charge in [-0.3, -0.25) is 19.5 Å². The average Bonchev–Trinajstić information content (AvgIpc) is 3.13. The normalized spacial score (nSPS) is 14.5. The largest absolute Gasteiger partial charge is 0.416 e.